The fourth-order valence-electron chi connectivity index (χ4n) is 3.65. The molecule has 0 aliphatic carbocycles. The lowest BCUT2D eigenvalue weighted by Crippen LogP contribution is -2.26. The van der Waals surface area contributed by atoms with Crippen molar-refractivity contribution in [3.63, 3.8) is 0 Å². The van der Waals surface area contributed by atoms with Gasteiger partial charge in [0.25, 0.3) is 0 Å². The fraction of sp³-hybridized carbons (Fsp3) is 0.320. The van der Waals surface area contributed by atoms with Crippen molar-refractivity contribution in [3.8, 4) is 18.1 Å². The number of benzene rings is 2. The Morgan fingerprint density at radius 2 is 1.94 bits per heavy atom. The molecule has 7 nitrogen and oxygen atoms in total. The standard InChI is InChI=1S/C25H24O7/c1-4-17-11-20(22(32-16(3)26)13-21(17)24(27)28)12-19-9-10-30-23(19)14-31-25(29)18-7-5-15(2)6-8-18/h1,5-8,11,13,19,23H,9-10,12,14H2,2-3H3,(H,27,28). The predicted octanol–water partition coefficient (Wildman–Crippen LogP) is 3.40. The Balaban J connectivity index is 1.75. The van der Waals surface area contributed by atoms with E-state index >= 15 is 0 Å². The zero-order valence-electron chi connectivity index (χ0n) is 17.9. The number of carboxylic acid groups (broad SMARTS) is 1. The molecule has 0 radical (unpaired) electrons. The van der Waals surface area contributed by atoms with Gasteiger partial charge < -0.3 is 19.3 Å². The molecule has 166 valence electrons. The van der Waals surface area contributed by atoms with Gasteiger partial charge in [-0.05, 0) is 55.5 Å². The molecule has 0 bridgehead atoms. The van der Waals surface area contributed by atoms with Crippen LogP contribution in [0.2, 0.25) is 0 Å². The second-order valence-electron chi connectivity index (χ2n) is 7.68. The molecule has 1 N–H and O–H groups in total. The molecule has 1 aliphatic heterocycles. The molecule has 2 aromatic rings. The molecule has 0 aromatic heterocycles. The van der Waals surface area contributed by atoms with Gasteiger partial charge in [0.05, 0.1) is 17.2 Å². The second-order valence-corrected chi connectivity index (χ2v) is 7.68. The van der Waals surface area contributed by atoms with Crippen molar-refractivity contribution in [3.05, 3.63) is 64.2 Å². The smallest absolute Gasteiger partial charge is 0.338 e. The van der Waals surface area contributed by atoms with E-state index in [-0.39, 0.29) is 35.5 Å². The number of carbonyl (C=O) groups excluding carboxylic acids is 2. The van der Waals surface area contributed by atoms with Gasteiger partial charge in [0.1, 0.15) is 12.4 Å². The zero-order valence-corrected chi connectivity index (χ0v) is 17.9. The van der Waals surface area contributed by atoms with Gasteiger partial charge in [-0.3, -0.25) is 4.79 Å². The summed E-state index contributed by atoms with van der Waals surface area (Å²) in [4.78, 5) is 35.4. The summed E-state index contributed by atoms with van der Waals surface area (Å²) < 4.78 is 16.5. The summed E-state index contributed by atoms with van der Waals surface area (Å²) in [7, 11) is 0. The minimum atomic E-state index is -1.21. The number of carbonyl (C=O) groups is 3. The van der Waals surface area contributed by atoms with Gasteiger partial charge >= 0.3 is 17.9 Å². The van der Waals surface area contributed by atoms with Crippen molar-refractivity contribution in [1.82, 2.24) is 0 Å². The van der Waals surface area contributed by atoms with Crippen LogP contribution in [-0.4, -0.2) is 42.3 Å². The van der Waals surface area contributed by atoms with E-state index in [1.807, 2.05) is 19.1 Å². The number of esters is 2. The first kappa shape index (κ1) is 23.0. The topological polar surface area (TPSA) is 99.1 Å². The third-order valence-corrected chi connectivity index (χ3v) is 5.33. The average molecular weight is 436 g/mol. The first-order valence-electron chi connectivity index (χ1n) is 10.2. The lowest BCUT2D eigenvalue weighted by atomic mass is 9.91. The second kappa shape index (κ2) is 10.1. The Labute approximate surface area is 186 Å². The van der Waals surface area contributed by atoms with E-state index in [2.05, 4.69) is 5.92 Å². The highest BCUT2D eigenvalue weighted by atomic mass is 16.6. The van der Waals surface area contributed by atoms with E-state index in [4.69, 9.17) is 20.6 Å². The highest BCUT2D eigenvalue weighted by molar-refractivity contribution is 5.92. The Hall–Kier alpha value is -3.63. The van der Waals surface area contributed by atoms with Crippen LogP contribution in [0.4, 0.5) is 0 Å². The number of ether oxygens (including phenoxy) is 3. The van der Waals surface area contributed by atoms with E-state index in [9.17, 15) is 19.5 Å². The minimum absolute atomic E-state index is 0.0311. The third-order valence-electron chi connectivity index (χ3n) is 5.33. The summed E-state index contributed by atoms with van der Waals surface area (Å²) in [5.74, 6) is 0.289. The quantitative estimate of drug-likeness (QED) is 0.403. The largest absolute Gasteiger partial charge is 0.478 e. The summed E-state index contributed by atoms with van der Waals surface area (Å²) in [6.45, 7) is 3.75. The van der Waals surface area contributed by atoms with E-state index < -0.39 is 17.9 Å². The predicted molar refractivity (Wildman–Crippen MR) is 116 cm³/mol. The maximum Gasteiger partial charge on any atom is 0.338 e. The van der Waals surface area contributed by atoms with Crippen molar-refractivity contribution in [1.29, 1.82) is 0 Å². The molecule has 1 aliphatic rings. The Bertz CT molecular complexity index is 1060. The first-order chi connectivity index (χ1) is 15.3. The van der Waals surface area contributed by atoms with Gasteiger partial charge in [0, 0.05) is 19.1 Å². The van der Waals surface area contributed by atoms with E-state index in [0.717, 1.165) is 5.56 Å². The summed E-state index contributed by atoms with van der Waals surface area (Å²) in [5.41, 5.74) is 2.20. The number of aromatic carboxylic acids is 1. The maximum absolute atomic E-state index is 12.3. The molecule has 1 fully saturated rings. The molecule has 1 heterocycles. The van der Waals surface area contributed by atoms with E-state index in [1.165, 1.54) is 13.0 Å². The Morgan fingerprint density at radius 1 is 1.22 bits per heavy atom. The number of carboxylic acids is 1. The summed E-state index contributed by atoms with van der Waals surface area (Å²) in [5, 5.41) is 9.40. The van der Waals surface area contributed by atoms with Crippen LogP contribution in [0.3, 0.4) is 0 Å². The first-order valence-corrected chi connectivity index (χ1v) is 10.2. The average Bonchev–Trinajstić information content (AvgIpc) is 3.19. The number of terminal acetylenes is 1. The van der Waals surface area contributed by atoms with Gasteiger partial charge in [-0.15, -0.1) is 6.42 Å². The molecule has 0 amide bonds. The van der Waals surface area contributed by atoms with Gasteiger partial charge in [-0.25, -0.2) is 9.59 Å². The van der Waals surface area contributed by atoms with Crippen LogP contribution in [0.25, 0.3) is 0 Å². The van der Waals surface area contributed by atoms with Crippen molar-refractivity contribution in [2.75, 3.05) is 13.2 Å². The fourth-order valence-corrected chi connectivity index (χ4v) is 3.65. The van der Waals surface area contributed by atoms with Gasteiger partial charge in [0.15, 0.2) is 0 Å². The SMILES string of the molecule is C#Cc1cc(CC2CCOC2COC(=O)c2ccc(C)cc2)c(OC(C)=O)cc1C(=O)O. The summed E-state index contributed by atoms with van der Waals surface area (Å²) in [6, 6.07) is 9.92. The lowest BCUT2D eigenvalue weighted by Gasteiger charge is -2.20. The molecular formula is C25H24O7. The van der Waals surface area contributed by atoms with Crippen LogP contribution in [-0.2, 0) is 20.7 Å². The molecule has 2 aromatic carbocycles. The lowest BCUT2D eigenvalue weighted by molar-refractivity contribution is -0.131. The Kier molecular flexibility index (Phi) is 7.29. The van der Waals surface area contributed by atoms with Crippen LogP contribution < -0.4 is 4.74 Å². The maximum atomic E-state index is 12.3. The number of hydrogen-bond donors (Lipinski definition) is 1. The van der Waals surface area contributed by atoms with Gasteiger partial charge in [-0.2, -0.15) is 0 Å². The monoisotopic (exact) mass is 436 g/mol. The van der Waals surface area contributed by atoms with E-state index in [1.54, 1.807) is 18.2 Å². The molecular weight excluding hydrogens is 412 g/mol. The van der Waals surface area contributed by atoms with Crippen LogP contribution in [0.5, 0.6) is 5.75 Å². The van der Waals surface area contributed by atoms with Crippen LogP contribution in [0.1, 0.15) is 50.8 Å². The van der Waals surface area contributed by atoms with Crippen molar-refractivity contribution >= 4 is 17.9 Å². The summed E-state index contributed by atoms with van der Waals surface area (Å²) in [6.07, 6.45) is 6.27. The van der Waals surface area contributed by atoms with Gasteiger partial charge in [0.2, 0.25) is 0 Å². The molecule has 3 rings (SSSR count). The number of hydrogen-bond acceptors (Lipinski definition) is 6. The molecule has 0 spiro atoms. The molecule has 2 atom stereocenters. The number of aryl methyl sites for hydroxylation is 1. The highest BCUT2D eigenvalue weighted by Gasteiger charge is 2.31. The van der Waals surface area contributed by atoms with E-state index in [0.29, 0.717) is 30.6 Å². The summed E-state index contributed by atoms with van der Waals surface area (Å²) >= 11 is 0. The molecule has 2 unspecified atom stereocenters. The third kappa shape index (κ3) is 5.54. The Morgan fingerprint density at radius 3 is 2.56 bits per heavy atom. The molecule has 1 saturated heterocycles. The highest BCUT2D eigenvalue weighted by Crippen LogP contribution is 2.32. The molecule has 7 heteroatoms. The normalized spacial score (nSPS) is 17.4. The van der Waals surface area contributed by atoms with Crippen LogP contribution in [0.15, 0.2) is 36.4 Å². The van der Waals surface area contributed by atoms with Crippen LogP contribution >= 0.6 is 0 Å². The number of rotatable bonds is 7. The van der Waals surface area contributed by atoms with Crippen molar-refractivity contribution in [2.45, 2.75) is 32.8 Å². The molecule has 0 saturated carbocycles. The van der Waals surface area contributed by atoms with Crippen molar-refractivity contribution in [2.24, 2.45) is 5.92 Å². The molecule has 32 heavy (non-hydrogen) atoms. The van der Waals surface area contributed by atoms with Gasteiger partial charge in [-0.1, -0.05) is 23.6 Å². The van der Waals surface area contributed by atoms with Crippen molar-refractivity contribution < 1.29 is 33.7 Å². The van der Waals surface area contributed by atoms with Crippen LogP contribution in [0, 0.1) is 25.2 Å². The minimum Gasteiger partial charge on any atom is -0.478 e. The zero-order chi connectivity index (χ0) is 23.3.